The SMILES string of the molecule is O=C1CCCN1c1cccc(NC(=S)NCCc2ccccc2)c1. The fourth-order valence-corrected chi connectivity index (χ4v) is 3.03. The molecule has 1 amide bonds. The lowest BCUT2D eigenvalue weighted by atomic mass is 10.1. The standard InChI is InChI=1S/C19H21N3OS/c23-18-10-5-13-22(18)17-9-4-8-16(14-17)21-19(24)20-12-11-15-6-2-1-3-7-15/h1-4,6-9,14H,5,10-13H2,(H2,20,21,24). The number of benzene rings is 2. The molecule has 1 heterocycles. The average molecular weight is 339 g/mol. The van der Waals surface area contributed by atoms with Gasteiger partial charge in [0.25, 0.3) is 0 Å². The van der Waals surface area contributed by atoms with Gasteiger partial charge >= 0.3 is 0 Å². The molecule has 2 aromatic carbocycles. The molecule has 0 unspecified atom stereocenters. The number of rotatable bonds is 5. The van der Waals surface area contributed by atoms with Gasteiger partial charge in [0.15, 0.2) is 5.11 Å². The first-order valence-electron chi connectivity index (χ1n) is 8.21. The molecular weight excluding hydrogens is 318 g/mol. The molecule has 0 atom stereocenters. The van der Waals surface area contributed by atoms with Gasteiger partial charge in [0.1, 0.15) is 0 Å². The van der Waals surface area contributed by atoms with Gasteiger partial charge in [-0.25, -0.2) is 0 Å². The van der Waals surface area contributed by atoms with Crippen molar-refractivity contribution in [3.63, 3.8) is 0 Å². The molecule has 2 aromatic rings. The summed E-state index contributed by atoms with van der Waals surface area (Å²) < 4.78 is 0. The summed E-state index contributed by atoms with van der Waals surface area (Å²) in [6, 6.07) is 18.1. The Kier molecular flexibility index (Phi) is 5.43. The van der Waals surface area contributed by atoms with Crippen molar-refractivity contribution in [2.24, 2.45) is 0 Å². The first-order chi connectivity index (χ1) is 11.7. The first kappa shape index (κ1) is 16.5. The number of nitrogens with zero attached hydrogens (tertiary/aromatic N) is 1. The quantitative estimate of drug-likeness (QED) is 0.820. The molecule has 0 spiro atoms. The number of nitrogens with one attached hydrogen (secondary N) is 2. The third-order valence-corrected chi connectivity index (χ3v) is 4.28. The minimum atomic E-state index is 0.190. The van der Waals surface area contributed by atoms with Crippen LogP contribution in [0.15, 0.2) is 54.6 Å². The maximum Gasteiger partial charge on any atom is 0.227 e. The van der Waals surface area contributed by atoms with Crippen LogP contribution in [0.3, 0.4) is 0 Å². The van der Waals surface area contributed by atoms with Crippen molar-refractivity contribution in [2.45, 2.75) is 19.3 Å². The van der Waals surface area contributed by atoms with E-state index in [4.69, 9.17) is 12.2 Å². The molecular formula is C19H21N3OS. The zero-order chi connectivity index (χ0) is 16.8. The Balaban J connectivity index is 1.52. The minimum absolute atomic E-state index is 0.190. The van der Waals surface area contributed by atoms with Gasteiger partial charge in [0.05, 0.1) is 0 Å². The van der Waals surface area contributed by atoms with Crippen LogP contribution in [0.5, 0.6) is 0 Å². The summed E-state index contributed by atoms with van der Waals surface area (Å²) >= 11 is 5.35. The fraction of sp³-hybridized carbons (Fsp3) is 0.263. The molecule has 24 heavy (non-hydrogen) atoms. The number of amides is 1. The van der Waals surface area contributed by atoms with Crippen molar-refractivity contribution in [3.8, 4) is 0 Å². The van der Waals surface area contributed by atoms with E-state index in [1.165, 1.54) is 5.56 Å². The molecule has 0 saturated carbocycles. The minimum Gasteiger partial charge on any atom is -0.362 e. The molecule has 4 nitrogen and oxygen atoms in total. The summed E-state index contributed by atoms with van der Waals surface area (Å²) in [5, 5.41) is 7.00. The van der Waals surface area contributed by atoms with E-state index in [2.05, 4.69) is 22.8 Å². The lowest BCUT2D eigenvalue weighted by molar-refractivity contribution is -0.117. The Labute approximate surface area is 147 Å². The van der Waals surface area contributed by atoms with Crippen LogP contribution in [0, 0.1) is 0 Å². The van der Waals surface area contributed by atoms with Gasteiger partial charge in [-0.1, -0.05) is 36.4 Å². The third-order valence-electron chi connectivity index (χ3n) is 4.03. The van der Waals surface area contributed by atoms with Crippen molar-refractivity contribution in [1.29, 1.82) is 0 Å². The Morgan fingerprint density at radius 1 is 1.12 bits per heavy atom. The van der Waals surface area contributed by atoms with E-state index in [9.17, 15) is 4.79 Å². The van der Waals surface area contributed by atoms with Crippen LogP contribution in [0.1, 0.15) is 18.4 Å². The molecule has 2 N–H and O–H groups in total. The lowest BCUT2D eigenvalue weighted by Gasteiger charge is -2.17. The highest BCUT2D eigenvalue weighted by atomic mass is 32.1. The molecule has 0 aromatic heterocycles. The van der Waals surface area contributed by atoms with Gasteiger partial charge in [-0.05, 0) is 48.8 Å². The number of hydrogen-bond donors (Lipinski definition) is 2. The Morgan fingerprint density at radius 2 is 1.96 bits per heavy atom. The predicted octanol–water partition coefficient (Wildman–Crippen LogP) is 3.34. The molecule has 3 rings (SSSR count). The van der Waals surface area contributed by atoms with Gasteiger partial charge in [-0.2, -0.15) is 0 Å². The maximum atomic E-state index is 11.9. The third kappa shape index (κ3) is 4.32. The van der Waals surface area contributed by atoms with E-state index in [-0.39, 0.29) is 5.91 Å². The Morgan fingerprint density at radius 3 is 2.71 bits per heavy atom. The fourth-order valence-electron chi connectivity index (χ4n) is 2.81. The molecule has 124 valence electrons. The van der Waals surface area contributed by atoms with Crippen molar-refractivity contribution in [2.75, 3.05) is 23.3 Å². The van der Waals surface area contributed by atoms with Crippen LogP contribution in [-0.4, -0.2) is 24.1 Å². The predicted molar refractivity (Wildman–Crippen MR) is 102 cm³/mol. The number of anilines is 2. The monoisotopic (exact) mass is 339 g/mol. The van der Waals surface area contributed by atoms with Gasteiger partial charge in [-0.15, -0.1) is 0 Å². The number of hydrogen-bond acceptors (Lipinski definition) is 2. The molecule has 0 radical (unpaired) electrons. The second kappa shape index (κ2) is 7.93. The van der Waals surface area contributed by atoms with Crippen LogP contribution < -0.4 is 15.5 Å². The highest BCUT2D eigenvalue weighted by molar-refractivity contribution is 7.80. The molecule has 1 fully saturated rings. The van der Waals surface area contributed by atoms with Crippen molar-refractivity contribution in [1.82, 2.24) is 5.32 Å². The van der Waals surface area contributed by atoms with E-state index in [1.54, 1.807) is 0 Å². The molecule has 1 saturated heterocycles. The van der Waals surface area contributed by atoms with E-state index >= 15 is 0 Å². The summed E-state index contributed by atoms with van der Waals surface area (Å²) in [6.07, 6.45) is 2.48. The highest BCUT2D eigenvalue weighted by Gasteiger charge is 2.21. The summed E-state index contributed by atoms with van der Waals surface area (Å²) in [7, 11) is 0. The largest absolute Gasteiger partial charge is 0.362 e. The topological polar surface area (TPSA) is 44.4 Å². The summed E-state index contributed by atoms with van der Waals surface area (Å²) in [4.78, 5) is 13.7. The lowest BCUT2D eigenvalue weighted by Crippen LogP contribution is -2.30. The van der Waals surface area contributed by atoms with Crippen LogP contribution in [0.2, 0.25) is 0 Å². The smallest absolute Gasteiger partial charge is 0.227 e. The molecule has 0 aliphatic carbocycles. The second-order valence-corrected chi connectivity index (χ2v) is 6.22. The van der Waals surface area contributed by atoms with Crippen LogP contribution in [-0.2, 0) is 11.2 Å². The van der Waals surface area contributed by atoms with E-state index < -0.39 is 0 Å². The normalized spacial score (nSPS) is 13.8. The van der Waals surface area contributed by atoms with Crippen LogP contribution >= 0.6 is 12.2 Å². The van der Waals surface area contributed by atoms with Crippen LogP contribution in [0.25, 0.3) is 0 Å². The number of thiocarbonyl (C=S) groups is 1. The van der Waals surface area contributed by atoms with Gasteiger partial charge in [-0.3, -0.25) is 4.79 Å². The average Bonchev–Trinajstić information content (AvgIpc) is 3.02. The number of carbonyl (C=O) groups is 1. The zero-order valence-corrected chi connectivity index (χ0v) is 14.3. The summed E-state index contributed by atoms with van der Waals surface area (Å²) in [6.45, 7) is 1.57. The highest BCUT2D eigenvalue weighted by Crippen LogP contribution is 2.24. The second-order valence-electron chi connectivity index (χ2n) is 5.82. The molecule has 1 aliphatic heterocycles. The molecule has 1 aliphatic rings. The first-order valence-corrected chi connectivity index (χ1v) is 8.62. The van der Waals surface area contributed by atoms with Gasteiger partial charge in [0.2, 0.25) is 5.91 Å². The molecule has 5 heteroatoms. The van der Waals surface area contributed by atoms with Crippen molar-refractivity contribution >= 4 is 34.6 Å². The molecule has 0 bridgehead atoms. The summed E-state index contributed by atoms with van der Waals surface area (Å²) in [5.41, 5.74) is 3.10. The van der Waals surface area contributed by atoms with E-state index in [0.29, 0.717) is 11.5 Å². The Hall–Kier alpha value is -2.40. The Bertz CT molecular complexity index is 718. The van der Waals surface area contributed by atoms with Crippen molar-refractivity contribution < 1.29 is 4.79 Å². The van der Waals surface area contributed by atoms with Gasteiger partial charge in [0, 0.05) is 30.9 Å². The summed E-state index contributed by atoms with van der Waals surface area (Å²) in [5.74, 6) is 0.190. The van der Waals surface area contributed by atoms with Crippen molar-refractivity contribution in [3.05, 3.63) is 60.2 Å². The maximum absolute atomic E-state index is 11.9. The van der Waals surface area contributed by atoms with Crippen LogP contribution in [0.4, 0.5) is 11.4 Å². The zero-order valence-electron chi connectivity index (χ0n) is 13.5. The van der Waals surface area contributed by atoms with E-state index in [0.717, 1.165) is 37.3 Å². The van der Waals surface area contributed by atoms with E-state index in [1.807, 2.05) is 47.4 Å². The number of carbonyl (C=O) groups excluding carboxylic acids is 1. The van der Waals surface area contributed by atoms with Gasteiger partial charge < -0.3 is 15.5 Å².